The normalized spacial score (nSPS) is 10.0. The van der Waals surface area contributed by atoms with Crippen molar-refractivity contribution in [1.82, 2.24) is 0 Å². The van der Waals surface area contributed by atoms with Crippen LogP contribution in [0.25, 0.3) is 0 Å². The quantitative estimate of drug-likeness (QED) is 0.411. The molecular weight excluding hydrogens is 330 g/mol. The van der Waals surface area contributed by atoms with E-state index in [9.17, 15) is 14.9 Å². The molecule has 0 aliphatic rings. The highest BCUT2D eigenvalue weighted by Gasteiger charge is 2.16. The molecule has 0 aliphatic carbocycles. The van der Waals surface area contributed by atoms with Gasteiger partial charge in [-0.05, 0) is 24.3 Å². The van der Waals surface area contributed by atoms with Crippen molar-refractivity contribution in [3.8, 4) is 23.0 Å². The lowest BCUT2D eigenvalue weighted by Gasteiger charge is -2.11. The van der Waals surface area contributed by atoms with Crippen LogP contribution in [0.1, 0.15) is 10.4 Å². The number of rotatable bonds is 8. The Morgan fingerprint density at radius 2 is 1.52 bits per heavy atom. The molecule has 0 radical (unpaired) electrons. The van der Waals surface area contributed by atoms with Gasteiger partial charge < -0.3 is 18.9 Å². The standard InChI is InChI=1S/C17H17NO7/c1-22-14-6-4-11(8-16(14)24-3)13(19)10-25-17-9-12(18(20)21)5-7-15(17)23-2/h4-9H,10H2,1-3H3. The first-order valence-electron chi connectivity index (χ1n) is 7.20. The summed E-state index contributed by atoms with van der Waals surface area (Å²) in [6.45, 7) is -0.312. The first-order valence-corrected chi connectivity index (χ1v) is 7.20. The van der Waals surface area contributed by atoms with Crippen LogP contribution in [0.15, 0.2) is 36.4 Å². The van der Waals surface area contributed by atoms with Gasteiger partial charge in [0.1, 0.15) is 0 Å². The fraction of sp³-hybridized carbons (Fsp3) is 0.235. The summed E-state index contributed by atoms with van der Waals surface area (Å²) < 4.78 is 20.8. The summed E-state index contributed by atoms with van der Waals surface area (Å²) in [4.78, 5) is 22.6. The summed E-state index contributed by atoms with van der Waals surface area (Å²) in [7, 11) is 4.37. The first-order chi connectivity index (χ1) is 12.0. The van der Waals surface area contributed by atoms with Crippen molar-refractivity contribution in [1.29, 1.82) is 0 Å². The van der Waals surface area contributed by atoms with Crippen molar-refractivity contribution >= 4 is 11.5 Å². The third kappa shape index (κ3) is 4.17. The van der Waals surface area contributed by atoms with Gasteiger partial charge in [-0.1, -0.05) is 0 Å². The van der Waals surface area contributed by atoms with Gasteiger partial charge in [0, 0.05) is 11.6 Å². The molecule has 132 valence electrons. The van der Waals surface area contributed by atoms with Crippen LogP contribution in [-0.2, 0) is 0 Å². The molecule has 8 nitrogen and oxygen atoms in total. The molecule has 0 amide bonds. The third-order valence-electron chi connectivity index (χ3n) is 3.42. The van der Waals surface area contributed by atoms with Crippen molar-refractivity contribution in [2.45, 2.75) is 0 Å². The molecule has 0 unspecified atom stereocenters. The fourth-order valence-electron chi connectivity index (χ4n) is 2.13. The van der Waals surface area contributed by atoms with E-state index in [0.717, 1.165) is 0 Å². The van der Waals surface area contributed by atoms with Crippen molar-refractivity contribution in [3.63, 3.8) is 0 Å². The van der Waals surface area contributed by atoms with Crippen LogP contribution in [0.3, 0.4) is 0 Å². The number of carbonyl (C=O) groups is 1. The fourth-order valence-corrected chi connectivity index (χ4v) is 2.13. The lowest BCUT2D eigenvalue weighted by molar-refractivity contribution is -0.385. The van der Waals surface area contributed by atoms with Gasteiger partial charge in [0.05, 0.1) is 32.3 Å². The van der Waals surface area contributed by atoms with Crippen molar-refractivity contribution in [2.75, 3.05) is 27.9 Å². The second-order valence-electron chi connectivity index (χ2n) is 4.87. The topological polar surface area (TPSA) is 97.1 Å². The molecule has 25 heavy (non-hydrogen) atoms. The van der Waals surface area contributed by atoms with E-state index in [1.54, 1.807) is 12.1 Å². The molecule has 0 saturated carbocycles. The smallest absolute Gasteiger partial charge is 0.273 e. The lowest BCUT2D eigenvalue weighted by Crippen LogP contribution is -2.12. The predicted octanol–water partition coefficient (Wildman–Crippen LogP) is 2.88. The molecule has 0 atom stereocenters. The minimum absolute atomic E-state index is 0.116. The molecule has 0 fully saturated rings. The average Bonchev–Trinajstić information content (AvgIpc) is 2.64. The van der Waals surface area contributed by atoms with Gasteiger partial charge in [-0.2, -0.15) is 0 Å². The monoisotopic (exact) mass is 347 g/mol. The molecule has 0 spiro atoms. The second kappa shape index (κ2) is 8.00. The highest BCUT2D eigenvalue weighted by Crippen LogP contribution is 2.32. The number of carbonyl (C=O) groups excluding carboxylic acids is 1. The molecular formula is C17H17NO7. The van der Waals surface area contributed by atoms with Crippen molar-refractivity contribution < 1.29 is 28.7 Å². The minimum Gasteiger partial charge on any atom is -0.493 e. The Morgan fingerprint density at radius 1 is 0.920 bits per heavy atom. The Morgan fingerprint density at radius 3 is 2.12 bits per heavy atom. The van der Waals surface area contributed by atoms with Gasteiger partial charge in [-0.3, -0.25) is 14.9 Å². The zero-order valence-corrected chi connectivity index (χ0v) is 14.0. The number of nitro groups is 1. The number of nitrogens with zero attached hydrogens (tertiary/aromatic N) is 1. The number of non-ortho nitro benzene ring substituents is 1. The van der Waals surface area contributed by atoms with Crippen LogP contribution in [-0.4, -0.2) is 38.6 Å². The maximum atomic E-state index is 12.3. The molecule has 0 bridgehead atoms. The average molecular weight is 347 g/mol. The van der Waals surface area contributed by atoms with Gasteiger partial charge in [0.25, 0.3) is 5.69 Å². The van der Waals surface area contributed by atoms with Gasteiger partial charge in [0.2, 0.25) is 0 Å². The third-order valence-corrected chi connectivity index (χ3v) is 3.42. The molecule has 8 heteroatoms. The largest absolute Gasteiger partial charge is 0.493 e. The second-order valence-corrected chi connectivity index (χ2v) is 4.87. The number of benzene rings is 2. The van der Waals surface area contributed by atoms with E-state index in [0.29, 0.717) is 22.8 Å². The maximum Gasteiger partial charge on any atom is 0.273 e. The number of ether oxygens (including phenoxy) is 4. The molecule has 0 N–H and O–H groups in total. The molecule has 2 aromatic rings. The Balaban J connectivity index is 2.17. The van der Waals surface area contributed by atoms with E-state index in [1.165, 1.54) is 45.6 Å². The molecule has 2 aromatic carbocycles. The summed E-state index contributed by atoms with van der Waals surface area (Å²) in [5, 5.41) is 10.9. The number of methoxy groups -OCH3 is 3. The van der Waals surface area contributed by atoms with E-state index in [4.69, 9.17) is 18.9 Å². The number of ketones is 1. The van der Waals surface area contributed by atoms with Gasteiger partial charge in [-0.25, -0.2) is 0 Å². The number of Topliss-reactive ketones (excluding diaryl/α,β-unsaturated/α-hetero) is 1. The maximum absolute atomic E-state index is 12.3. The Bertz CT molecular complexity index is 789. The van der Waals surface area contributed by atoms with E-state index >= 15 is 0 Å². The van der Waals surface area contributed by atoms with E-state index in [1.807, 2.05) is 0 Å². The van der Waals surface area contributed by atoms with Gasteiger partial charge in [-0.15, -0.1) is 0 Å². The lowest BCUT2D eigenvalue weighted by atomic mass is 10.1. The molecule has 2 rings (SSSR count). The van der Waals surface area contributed by atoms with Crippen LogP contribution >= 0.6 is 0 Å². The Hall–Kier alpha value is -3.29. The zero-order valence-electron chi connectivity index (χ0n) is 14.0. The van der Waals surface area contributed by atoms with E-state index < -0.39 is 4.92 Å². The highest BCUT2D eigenvalue weighted by atomic mass is 16.6. The number of nitro benzene ring substituents is 1. The summed E-state index contributed by atoms with van der Waals surface area (Å²) in [5.41, 5.74) is 0.205. The SMILES string of the molecule is COc1ccc(C(=O)COc2cc([N+](=O)[O-])ccc2OC)cc1OC. The van der Waals surface area contributed by atoms with Gasteiger partial charge >= 0.3 is 0 Å². The predicted molar refractivity (Wildman–Crippen MR) is 89.0 cm³/mol. The molecule has 0 aromatic heterocycles. The van der Waals surface area contributed by atoms with Crippen molar-refractivity contribution in [3.05, 3.63) is 52.1 Å². The summed E-state index contributed by atoms with van der Waals surface area (Å²) in [5.74, 6) is 1.01. The summed E-state index contributed by atoms with van der Waals surface area (Å²) in [6, 6.07) is 8.64. The Labute approximate surface area is 144 Å². The van der Waals surface area contributed by atoms with Crippen LogP contribution in [0.5, 0.6) is 23.0 Å². The van der Waals surface area contributed by atoms with Gasteiger partial charge in [0.15, 0.2) is 35.4 Å². The van der Waals surface area contributed by atoms with Crippen molar-refractivity contribution in [2.24, 2.45) is 0 Å². The Kier molecular flexibility index (Phi) is 5.78. The van der Waals surface area contributed by atoms with E-state index in [2.05, 4.69) is 0 Å². The zero-order chi connectivity index (χ0) is 18.4. The molecule has 0 saturated heterocycles. The highest BCUT2D eigenvalue weighted by molar-refractivity contribution is 5.97. The van der Waals surface area contributed by atoms with Crippen LogP contribution in [0, 0.1) is 10.1 Å². The van der Waals surface area contributed by atoms with E-state index in [-0.39, 0.29) is 23.8 Å². The molecule has 0 heterocycles. The van der Waals surface area contributed by atoms with Crippen LogP contribution in [0.2, 0.25) is 0 Å². The minimum atomic E-state index is -0.553. The summed E-state index contributed by atoms with van der Waals surface area (Å²) >= 11 is 0. The summed E-state index contributed by atoms with van der Waals surface area (Å²) in [6.07, 6.45) is 0. The first kappa shape index (κ1) is 18.1. The van der Waals surface area contributed by atoms with Crippen LogP contribution in [0.4, 0.5) is 5.69 Å². The molecule has 0 aliphatic heterocycles. The number of hydrogen-bond donors (Lipinski definition) is 0. The van der Waals surface area contributed by atoms with Crippen LogP contribution < -0.4 is 18.9 Å². The number of hydrogen-bond acceptors (Lipinski definition) is 7.